The van der Waals surface area contributed by atoms with E-state index >= 15 is 0 Å². The second-order valence-electron chi connectivity index (χ2n) is 4.19. The van der Waals surface area contributed by atoms with Crippen molar-refractivity contribution < 1.29 is 0 Å². The molecule has 0 aromatic heterocycles. The molecule has 0 heterocycles. The van der Waals surface area contributed by atoms with Gasteiger partial charge in [0.25, 0.3) is 0 Å². The highest BCUT2D eigenvalue weighted by Gasteiger charge is 2.46. The van der Waals surface area contributed by atoms with E-state index in [2.05, 4.69) is 18.7 Å². The molecule has 4 atom stereocenters. The summed E-state index contributed by atoms with van der Waals surface area (Å²) in [5, 5.41) is 9.05. The molecule has 2 rings (SSSR count). The Bertz CT molecular complexity index is 271. The fourth-order valence-electron chi connectivity index (χ4n) is 3.01. The third-order valence-electron chi connectivity index (χ3n) is 3.60. The summed E-state index contributed by atoms with van der Waals surface area (Å²) >= 11 is 0. The lowest BCUT2D eigenvalue weighted by Gasteiger charge is -2.22. The van der Waals surface area contributed by atoms with Crippen LogP contribution in [0.1, 0.15) is 19.3 Å². The summed E-state index contributed by atoms with van der Waals surface area (Å²) in [6.45, 7) is 3.66. The van der Waals surface area contributed by atoms with E-state index in [4.69, 9.17) is 5.26 Å². The van der Waals surface area contributed by atoms with Crippen molar-refractivity contribution in [1.29, 1.82) is 5.26 Å². The minimum absolute atomic E-state index is 0.287. The van der Waals surface area contributed by atoms with Gasteiger partial charge in [0, 0.05) is 0 Å². The van der Waals surface area contributed by atoms with Crippen molar-refractivity contribution in [3.05, 3.63) is 24.8 Å². The van der Waals surface area contributed by atoms with Crippen molar-refractivity contribution in [2.75, 3.05) is 0 Å². The van der Waals surface area contributed by atoms with Crippen molar-refractivity contribution in [2.45, 2.75) is 19.3 Å². The first-order valence-corrected chi connectivity index (χ1v) is 5.05. The number of hydrogen-bond donors (Lipinski definition) is 0. The van der Waals surface area contributed by atoms with Gasteiger partial charge in [0.15, 0.2) is 0 Å². The van der Waals surface area contributed by atoms with Gasteiger partial charge < -0.3 is 0 Å². The van der Waals surface area contributed by atoms with Crippen LogP contribution in [0.2, 0.25) is 0 Å². The summed E-state index contributed by atoms with van der Waals surface area (Å²) in [6.07, 6.45) is 9.88. The SMILES string of the molecule is C=C/C=C/C1C(C#N)[C@H]2CC[C@@H]1C2. The lowest BCUT2D eigenvalue weighted by molar-refractivity contribution is 0.325. The predicted octanol–water partition coefficient (Wildman–Crippen LogP) is 2.91. The molecule has 2 unspecified atom stereocenters. The maximum Gasteiger partial charge on any atom is 0.0665 e. The van der Waals surface area contributed by atoms with Gasteiger partial charge in [-0.3, -0.25) is 0 Å². The molecule has 0 aliphatic heterocycles. The highest BCUT2D eigenvalue weighted by atomic mass is 14.5. The van der Waals surface area contributed by atoms with Crippen LogP contribution >= 0.6 is 0 Å². The molecular formula is C12H15N. The fourth-order valence-corrected chi connectivity index (χ4v) is 3.01. The Morgan fingerprint density at radius 2 is 2.08 bits per heavy atom. The number of nitrogens with zero attached hydrogens (tertiary/aromatic N) is 1. The standard InChI is InChI=1S/C12H15N/c1-2-3-4-11-9-5-6-10(7-9)12(11)8-13/h2-4,9-12H,1,5-7H2/b4-3+/t9-,10+,11?,12?/m1/s1. The number of hydrogen-bond acceptors (Lipinski definition) is 1. The van der Waals surface area contributed by atoms with Gasteiger partial charge in [-0.15, -0.1) is 0 Å². The van der Waals surface area contributed by atoms with Gasteiger partial charge in [-0.1, -0.05) is 24.8 Å². The smallest absolute Gasteiger partial charge is 0.0665 e. The predicted molar refractivity (Wildman–Crippen MR) is 52.8 cm³/mol. The maximum absolute atomic E-state index is 9.05. The Morgan fingerprint density at radius 1 is 1.31 bits per heavy atom. The third kappa shape index (κ3) is 1.31. The summed E-state index contributed by atoms with van der Waals surface area (Å²) in [4.78, 5) is 0. The molecule has 2 aliphatic rings. The van der Waals surface area contributed by atoms with Crippen LogP contribution < -0.4 is 0 Å². The normalized spacial score (nSPS) is 42.4. The highest BCUT2D eigenvalue weighted by molar-refractivity contribution is 5.13. The first-order valence-electron chi connectivity index (χ1n) is 5.05. The Labute approximate surface area is 79.8 Å². The Kier molecular flexibility index (Phi) is 2.22. The zero-order valence-corrected chi connectivity index (χ0v) is 7.82. The first kappa shape index (κ1) is 8.56. The van der Waals surface area contributed by atoms with Crippen molar-refractivity contribution >= 4 is 0 Å². The highest BCUT2D eigenvalue weighted by Crippen LogP contribution is 2.52. The molecule has 2 fully saturated rings. The van der Waals surface area contributed by atoms with Crippen molar-refractivity contribution in [1.82, 2.24) is 0 Å². The van der Waals surface area contributed by atoms with Crippen LogP contribution in [0.15, 0.2) is 24.8 Å². The summed E-state index contributed by atoms with van der Waals surface area (Å²) in [6, 6.07) is 2.47. The van der Waals surface area contributed by atoms with E-state index in [1.54, 1.807) is 6.08 Å². The molecule has 0 N–H and O–H groups in total. The van der Waals surface area contributed by atoms with E-state index in [9.17, 15) is 0 Å². The van der Waals surface area contributed by atoms with Gasteiger partial charge in [-0.25, -0.2) is 0 Å². The first-order chi connectivity index (χ1) is 6.36. The molecule has 68 valence electrons. The van der Waals surface area contributed by atoms with Crippen molar-refractivity contribution in [3.8, 4) is 6.07 Å². The summed E-state index contributed by atoms with van der Waals surface area (Å²) < 4.78 is 0. The van der Waals surface area contributed by atoms with Crippen LogP contribution in [-0.2, 0) is 0 Å². The number of allylic oxidation sites excluding steroid dienone is 3. The molecule has 0 aromatic rings. The molecule has 0 radical (unpaired) electrons. The lowest BCUT2D eigenvalue weighted by atomic mass is 9.80. The summed E-state index contributed by atoms with van der Waals surface area (Å²) in [7, 11) is 0. The molecule has 2 aliphatic carbocycles. The molecule has 2 bridgehead atoms. The Morgan fingerprint density at radius 3 is 2.77 bits per heavy atom. The van der Waals surface area contributed by atoms with E-state index in [1.165, 1.54) is 19.3 Å². The van der Waals surface area contributed by atoms with Crippen molar-refractivity contribution in [2.24, 2.45) is 23.7 Å². The third-order valence-corrected chi connectivity index (χ3v) is 3.60. The van der Waals surface area contributed by atoms with E-state index in [1.807, 2.05) is 6.08 Å². The molecule has 1 nitrogen and oxygen atoms in total. The second kappa shape index (κ2) is 3.38. The topological polar surface area (TPSA) is 23.8 Å². The van der Waals surface area contributed by atoms with Gasteiger partial charge in [-0.05, 0) is 37.0 Å². The van der Waals surface area contributed by atoms with E-state index in [-0.39, 0.29) is 5.92 Å². The van der Waals surface area contributed by atoms with Crippen LogP contribution in [0.25, 0.3) is 0 Å². The number of rotatable bonds is 2. The molecule has 0 amide bonds. The minimum Gasteiger partial charge on any atom is -0.198 e. The van der Waals surface area contributed by atoms with Crippen molar-refractivity contribution in [3.63, 3.8) is 0 Å². The van der Waals surface area contributed by atoms with Gasteiger partial charge in [0.2, 0.25) is 0 Å². The van der Waals surface area contributed by atoms with Gasteiger partial charge in [-0.2, -0.15) is 5.26 Å². The molecule has 1 heteroatoms. The molecule has 0 spiro atoms. The molecule has 13 heavy (non-hydrogen) atoms. The Hall–Kier alpha value is -1.03. The van der Waals surface area contributed by atoms with Gasteiger partial charge in [0.05, 0.1) is 12.0 Å². The summed E-state index contributed by atoms with van der Waals surface area (Å²) in [5.74, 6) is 2.28. The van der Waals surface area contributed by atoms with Crippen LogP contribution in [0, 0.1) is 35.0 Å². The monoisotopic (exact) mass is 173 g/mol. The molecule has 0 aromatic carbocycles. The molecular weight excluding hydrogens is 158 g/mol. The second-order valence-corrected chi connectivity index (χ2v) is 4.19. The van der Waals surface area contributed by atoms with Gasteiger partial charge >= 0.3 is 0 Å². The zero-order chi connectivity index (χ0) is 9.26. The van der Waals surface area contributed by atoms with E-state index in [0.29, 0.717) is 11.8 Å². The summed E-state index contributed by atoms with van der Waals surface area (Å²) in [5.41, 5.74) is 0. The van der Waals surface area contributed by atoms with Crippen LogP contribution in [0.4, 0.5) is 0 Å². The van der Waals surface area contributed by atoms with Crippen LogP contribution in [0.3, 0.4) is 0 Å². The van der Waals surface area contributed by atoms with Gasteiger partial charge in [0.1, 0.15) is 0 Å². The van der Waals surface area contributed by atoms with E-state index in [0.717, 1.165) is 5.92 Å². The average Bonchev–Trinajstić information content (AvgIpc) is 2.73. The fraction of sp³-hybridized carbons (Fsp3) is 0.583. The van der Waals surface area contributed by atoms with Crippen LogP contribution in [-0.4, -0.2) is 0 Å². The Balaban J connectivity index is 2.14. The zero-order valence-electron chi connectivity index (χ0n) is 7.82. The number of nitriles is 1. The molecule has 0 saturated heterocycles. The average molecular weight is 173 g/mol. The van der Waals surface area contributed by atoms with Crippen LogP contribution in [0.5, 0.6) is 0 Å². The number of fused-ring (bicyclic) bond motifs is 2. The lowest BCUT2D eigenvalue weighted by Crippen LogP contribution is -2.18. The quantitative estimate of drug-likeness (QED) is 0.589. The largest absolute Gasteiger partial charge is 0.198 e. The van der Waals surface area contributed by atoms with E-state index < -0.39 is 0 Å². The molecule has 2 saturated carbocycles. The minimum atomic E-state index is 0.287. The maximum atomic E-state index is 9.05.